The lowest BCUT2D eigenvalue weighted by Gasteiger charge is -2.05. The third-order valence-electron chi connectivity index (χ3n) is 3.97. The van der Waals surface area contributed by atoms with Crippen LogP contribution in [0.25, 0.3) is 0 Å². The van der Waals surface area contributed by atoms with Crippen LogP contribution < -0.4 is 5.32 Å². The first-order valence-electron chi connectivity index (χ1n) is 8.27. The van der Waals surface area contributed by atoms with Crippen molar-refractivity contribution >= 4 is 40.0 Å². The molecule has 0 radical (unpaired) electrons. The monoisotopic (exact) mass is 380 g/mol. The number of nitrogens with one attached hydrogen (secondary N) is 2. The summed E-state index contributed by atoms with van der Waals surface area (Å²) in [5.41, 5.74) is 0.381. The van der Waals surface area contributed by atoms with Crippen molar-refractivity contribution in [2.24, 2.45) is 0 Å². The molecule has 2 heterocycles. The van der Waals surface area contributed by atoms with Crippen LogP contribution in [0.1, 0.15) is 54.7 Å². The molecule has 2 N–H and O–H groups in total. The Morgan fingerprint density at radius 3 is 3.00 bits per heavy atom. The molecule has 1 aliphatic carbocycles. The number of carbonyl (C=O) groups is 2. The summed E-state index contributed by atoms with van der Waals surface area (Å²) in [5, 5.41) is 12.7. The van der Waals surface area contributed by atoms with E-state index < -0.39 is 5.97 Å². The number of rotatable bonds is 7. The molecule has 0 unspecified atom stereocenters. The highest BCUT2D eigenvalue weighted by atomic mass is 32.2. The van der Waals surface area contributed by atoms with Gasteiger partial charge in [-0.25, -0.2) is 9.78 Å². The first-order chi connectivity index (χ1) is 12.2. The minimum absolute atomic E-state index is 0.183. The van der Waals surface area contributed by atoms with Gasteiger partial charge in [0.15, 0.2) is 0 Å². The number of thioether (sulfide) groups is 1. The van der Waals surface area contributed by atoms with Crippen molar-refractivity contribution in [1.82, 2.24) is 15.2 Å². The van der Waals surface area contributed by atoms with Crippen LogP contribution in [-0.4, -0.2) is 39.4 Å². The second-order valence-electron chi connectivity index (χ2n) is 5.71. The predicted molar refractivity (Wildman–Crippen MR) is 97.2 cm³/mol. The zero-order valence-electron chi connectivity index (χ0n) is 13.9. The van der Waals surface area contributed by atoms with E-state index in [1.807, 2.05) is 0 Å². The number of anilines is 1. The standard InChI is InChI=1S/C16H20N4O3S2/c1-2-23-15(22)11-7-8-24-14(11)17-12(21)9-25-16-18-13(19-20-16)10-5-3-4-6-10/h7-8,10H,2-6,9H2,1H3,(H,17,21)(H,18,19,20). The van der Waals surface area contributed by atoms with Gasteiger partial charge in [-0.1, -0.05) is 24.6 Å². The van der Waals surface area contributed by atoms with Crippen molar-refractivity contribution in [2.75, 3.05) is 17.7 Å². The zero-order valence-corrected chi connectivity index (χ0v) is 15.5. The molecule has 2 aromatic rings. The quantitative estimate of drug-likeness (QED) is 0.564. The van der Waals surface area contributed by atoms with Crippen LogP contribution in [0.4, 0.5) is 5.00 Å². The number of esters is 1. The number of hydrogen-bond acceptors (Lipinski definition) is 7. The van der Waals surface area contributed by atoms with Crippen LogP contribution in [0.3, 0.4) is 0 Å². The van der Waals surface area contributed by atoms with Gasteiger partial charge < -0.3 is 10.1 Å². The Bertz CT molecular complexity index is 737. The molecule has 2 aromatic heterocycles. The lowest BCUT2D eigenvalue weighted by Crippen LogP contribution is -2.16. The van der Waals surface area contributed by atoms with Gasteiger partial charge in [-0.2, -0.15) is 0 Å². The molecule has 0 aromatic carbocycles. The Balaban J connectivity index is 1.52. The number of aromatic nitrogens is 3. The SMILES string of the molecule is CCOC(=O)c1ccsc1NC(=O)CSc1n[nH]c(C2CCCC2)n1. The topological polar surface area (TPSA) is 97.0 Å². The Morgan fingerprint density at radius 2 is 2.24 bits per heavy atom. The van der Waals surface area contributed by atoms with Gasteiger partial charge in [-0.05, 0) is 31.2 Å². The molecule has 1 amide bonds. The number of hydrogen-bond donors (Lipinski definition) is 2. The molecule has 7 nitrogen and oxygen atoms in total. The lowest BCUT2D eigenvalue weighted by molar-refractivity contribution is -0.113. The van der Waals surface area contributed by atoms with Crippen LogP contribution >= 0.6 is 23.1 Å². The summed E-state index contributed by atoms with van der Waals surface area (Å²) in [4.78, 5) is 28.4. The molecule has 9 heteroatoms. The second kappa shape index (κ2) is 8.48. The highest BCUT2D eigenvalue weighted by molar-refractivity contribution is 7.99. The summed E-state index contributed by atoms with van der Waals surface area (Å²) in [6.45, 7) is 2.04. The second-order valence-corrected chi connectivity index (χ2v) is 7.56. The van der Waals surface area contributed by atoms with E-state index in [1.165, 1.54) is 35.9 Å². The number of ether oxygens (including phenoxy) is 1. The Labute approximate surface area is 153 Å². The summed E-state index contributed by atoms with van der Waals surface area (Å²) in [7, 11) is 0. The molecule has 0 atom stereocenters. The number of thiophene rings is 1. The molecule has 1 saturated carbocycles. The summed E-state index contributed by atoms with van der Waals surface area (Å²) in [5.74, 6) is 0.937. The Kier molecular flexibility index (Phi) is 6.09. The van der Waals surface area contributed by atoms with E-state index >= 15 is 0 Å². The van der Waals surface area contributed by atoms with Gasteiger partial charge in [0.25, 0.3) is 0 Å². The summed E-state index contributed by atoms with van der Waals surface area (Å²) < 4.78 is 4.98. The van der Waals surface area contributed by atoms with Gasteiger partial charge in [0, 0.05) is 5.92 Å². The number of H-pyrrole nitrogens is 1. The average molecular weight is 380 g/mol. The van der Waals surface area contributed by atoms with E-state index in [1.54, 1.807) is 18.4 Å². The van der Waals surface area contributed by atoms with Crippen molar-refractivity contribution in [3.8, 4) is 0 Å². The highest BCUT2D eigenvalue weighted by Gasteiger charge is 2.21. The molecule has 134 valence electrons. The molecule has 1 aliphatic rings. The fourth-order valence-electron chi connectivity index (χ4n) is 2.77. The largest absolute Gasteiger partial charge is 0.462 e. The molecule has 1 fully saturated rings. The van der Waals surface area contributed by atoms with E-state index in [0.717, 1.165) is 18.7 Å². The minimum atomic E-state index is -0.429. The van der Waals surface area contributed by atoms with E-state index in [2.05, 4.69) is 20.5 Å². The van der Waals surface area contributed by atoms with E-state index in [9.17, 15) is 9.59 Å². The number of amides is 1. The first kappa shape index (κ1) is 17.9. The van der Waals surface area contributed by atoms with Crippen LogP contribution in [0.15, 0.2) is 16.6 Å². The molecular weight excluding hydrogens is 360 g/mol. The minimum Gasteiger partial charge on any atom is -0.462 e. The highest BCUT2D eigenvalue weighted by Crippen LogP contribution is 2.32. The molecule has 3 rings (SSSR count). The maximum atomic E-state index is 12.1. The molecule has 0 saturated heterocycles. The first-order valence-corrected chi connectivity index (χ1v) is 10.1. The summed E-state index contributed by atoms with van der Waals surface area (Å²) >= 11 is 2.57. The zero-order chi connectivity index (χ0) is 17.6. The van der Waals surface area contributed by atoms with Gasteiger partial charge in [-0.3, -0.25) is 9.89 Å². The predicted octanol–water partition coefficient (Wildman–Crippen LogP) is 3.43. The summed E-state index contributed by atoms with van der Waals surface area (Å²) in [6.07, 6.45) is 4.77. The molecule has 25 heavy (non-hydrogen) atoms. The third kappa shape index (κ3) is 4.60. The van der Waals surface area contributed by atoms with Crippen molar-refractivity contribution in [1.29, 1.82) is 0 Å². The van der Waals surface area contributed by atoms with Gasteiger partial charge in [0.2, 0.25) is 11.1 Å². The number of carbonyl (C=O) groups excluding carboxylic acids is 2. The molecule has 0 spiro atoms. The van der Waals surface area contributed by atoms with Gasteiger partial charge in [0.05, 0.1) is 17.9 Å². The van der Waals surface area contributed by atoms with E-state index in [-0.39, 0.29) is 11.7 Å². The van der Waals surface area contributed by atoms with Crippen molar-refractivity contribution in [3.63, 3.8) is 0 Å². The van der Waals surface area contributed by atoms with Gasteiger partial charge in [0.1, 0.15) is 10.8 Å². The third-order valence-corrected chi connectivity index (χ3v) is 5.65. The van der Waals surface area contributed by atoms with Crippen LogP contribution in [-0.2, 0) is 9.53 Å². The van der Waals surface area contributed by atoms with Crippen LogP contribution in [0.2, 0.25) is 0 Å². The maximum absolute atomic E-state index is 12.1. The van der Waals surface area contributed by atoms with Crippen LogP contribution in [0, 0.1) is 0 Å². The van der Waals surface area contributed by atoms with Gasteiger partial charge in [-0.15, -0.1) is 16.4 Å². The molecule has 0 aliphatic heterocycles. The van der Waals surface area contributed by atoms with Crippen molar-refractivity contribution < 1.29 is 14.3 Å². The van der Waals surface area contributed by atoms with E-state index in [4.69, 9.17) is 4.74 Å². The maximum Gasteiger partial charge on any atom is 0.341 e. The lowest BCUT2D eigenvalue weighted by atomic mass is 10.1. The molecule has 0 bridgehead atoms. The summed E-state index contributed by atoms with van der Waals surface area (Å²) in [6, 6.07) is 1.65. The van der Waals surface area contributed by atoms with Crippen LogP contribution in [0.5, 0.6) is 0 Å². The smallest absolute Gasteiger partial charge is 0.341 e. The fraction of sp³-hybridized carbons (Fsp3) is 0.500. The van der Waals surface area contributed by atoms with E-state index in [0.29, 0.717) is 28.2 Å². The normalized spacial score (nSPS) is 14.6. The number of nitrogens with zero attached hydrogens (tertiary/aromatic N) is 2. The molecular formula is C16H20N4O3S2. The number of aromatic amines is 1. The fourth-order valence-corrected chi connectivity index (χ4v) is 4.17. The van der Waals surface area contributed by atoms with Crippen molar-refractivity contribution in [3.05, 3.63) is 22.8 Å². The van der Waals surface area contributed by atoms with Gasteiger partial charge >= 0.3 is 5.97 Å². The Hall–Kier alpha value is -1.87. The average Bonchev–Trinajstić information content (AvgIpc) is 3.34. The Morgan fingerprint density at radius 1 is 1.44 bits per heavy atom. The van der Waals surface area contributed by atoms with Crippen molar-refractivity contribution in [2.45, 2.75) is 43.7 Å².